The van der Waals surface area contributed by atoms with Gasteiger partial charge in [-0.2, -0.15) is 5.10 Å². The first-order chi connectivity index (χ1) is 14.4. The molecule has 0 aliphatic rings. The topological polar surface area (TPSA) is 120 Å². The van der Waals surface area contributed by atoms with E-state index in [1.54, 1.807) is 4.52 Å². The Morgan fingerprint density at radius 3 is 2.77 bits per heavy atom. The third kappa shape index (κ3) is 3.45. The molecule has 0 unspecified atom stereocenters. The van der Waals surface area contributed by atoms with Crippen molar-refractivity contribution in [1.82, 2.24) is 24.6 Å². The lowest BCUT2D eigenvalue weighted by Gasteiger charge is -2.10. The number of carbonyl (C=O) groups is 2. The second-order valence-corrected chi connectivity index (χ2v) is 7.99. The number of amides is 2. The highest BCUT2D eigenvalue weighted by molar-refractivity contribution is 7.16. The number of aryl methyl sites for hydroxylation is 3. The minimum Gasteiger partial charge on any atom is -0.365 e. The fraction of sp³-hybridized carbons (Fsp3) is 0.250. The van der Waals surface area contributed by atoms with Crippen LogP contribution in [0.25, 0.3) is 15.9 Å². The molecule has 2 amide bonds. The van der Waals surface area contributed by atoms with E-state index in [4.69, 9.17) is 5.73 Å². The van der Waals surface area contributed by atoms with Gasteiger partial charge in [0.1, 0.15) is 5.56 Å². The third-order valence-corrected chi connectivity index (χ3v) is 6.18. The van der Waals surface area contributed by atoms with Crippen molar-refractivity contribution in [2.24, 2.45) is 17.9 Å². The average Bonchev–Trinajstić information content (AvgIpc) is 3.28. The Kier molecular flexibility index (Phi) is 5.08. The van der Waals surface area contributed by atoms with Crippen molar-refractivity contribution in [3.8, 4) is 0 Å². The van der Waals surface area contributed by atoms with Gasteiger partial charge in [0.2, 0.25) is 10.7 Å². The summed E-state index contributed by atoms with van der Waals surface area (Å²) in [6.45, 7) is 3.73. The van der Waals surface area contributed by atoms with Gasteiger partial charge >= 0.3 is 0 Å². The van der Waals surface area contributed by atoms with Gasteiger partial charge in [0.05, 0.1) is 16.4 Å². The van der Waals surface area contributed by atoms with E-state index in [1.807, 2.05) is 49.7 Å². The molecule has 0 aliphatic carbocycles. The summed E-state index contributed by atoms with van der Waals surface area (Å²) in [6, 6.07) is 7.98. The van der Waals surface area contributed by atoms with Crippen molar-refractivity contribution in [1.29, 1.82) is 0 Å². The molecule has 0 atom stereocenters. The smallest absolute Gasteiger partial charge is 0.254 e. The van der Waals surface area contributed by atoms with Crippen molar-refractivity contribution in [3.63, 3.8) is 0 Å². The summed E-state index contributed by atoms with van der Waals surface area (Å²) in [6.07, 6.45) is 2.14. The van der Waals surface area contributed by atoms with E-state index in [1.165, 1.54) is 17.5 Å². The maximum absolute atomic E-state index is 12.4. The molecular weight excluding hydrogens is 402 g/mol. The number of nitrogens with zero attached hydrogens (tertiary/aromatic N) is 5. The van der Waals surface area contributed by atoms with E-state index in [9.17, 15) is 9.59 Å². The van der Waals surface area contributed by atoms with Gasteiger partial charge in [-0.05, 0) is 38.0 Å². The van der Waals surface area contributed by atoms with Crippen LogP contribution in [0.1, 0.15) is 33.7 Å². The molecule has 10 heteroatoms. The summed E-state index contributed by atoms with van der Waals surface area (Å²) >= 11 is 1.51. The van der Waals surface area contributed by atoms with Gasteiger partial charge in [-0.25, -0.2) is 14.9 Å². The van der Waals surface area contributed by atoms with Gasteiger partial charge in [0.25, 0.3) is 5.91 Å². The largest absolute Gasteiger partial charge is 0.365 e. The van der Waals surface area contributed by atoms with Crippen molar-refractivity contribution < 1.29 is 9.59 Å². The summed E-state index contributed by atoms with van der Waals surface area (Å²) in [5.74, 6) is -0.760. The van der Waals surface area contributed by atoms with Gasteiger partial charge < -0.3 is 10.3 Å². The number of hydrogen-bond acceptors (Lipinski definition) is 6. The van der Waals surface area contributed by atoms with Crippen LogP contribution in [0, 0.1) is 13.8 Å². The van der Waals surface area contributed by atoms with Crippen molar-refractivity contribution >= 4 is 39.0 Å². The highest BCUT2D eigenvalue weighted by Crippen LogP contribution is 2.18. The molecule has 0 fully saturated rings. The second kappa shape index (κ2) is 7.71. The molecule has 0 aliphatic heterocycles. The van der Waals surface area contributed by atoms with Crippen LogP contribution in [-0.2, 0) is 18.3 Å². The molecule has 1 aromatic carbocycles. The fourth-order valence-corrected chi connectivity index (χ4v) is 4.42. The molecule has 3 heterocycles. The number of benzene rings is 1. The SMILES string of the molecule is Cc1nc2c(C(N)=O)cnn2c(C)c1CCC(=O)N/N=c1\sc2ccccc2n1C. The summed E-state index contributed by atoms with van der Waals surface area (Å²) in [4.78, 5) is 29.1. The Morgan fingerprint density at radius 2 is 2.03 bits per heavy atom. The van der Waals surface area contributed by atoms with Crippen LogP contribution >= 0.6 is 11.3 Å². The molecule has 0 radical (unpaired) electrons. The summed E-state index contributed by atoms with van der Waals surface area (Å²) in [5, 5.41) is 8.48. The number of fused-ring (bicyclic) bond motifs is 2. The molecular formula is C20H21N7O2S. The minimum atomic E-state index is -0.570. The molecule has 0 bridgehead atoms. The first kappa shape index (κ1) is 19.8. The highest BCUT2D eigenvalue weighted by Gasteiger charge is 2.17. The summed E-state index contributed by atoms with van der Waals surface area (Å²) < 4.78 is 4.63. The molecule has 0 spiro atoms. The van der Waals surface area contributed by atoms with Crippen LogP contribution in [0.5, 0.6) is 0 Å². The molecule has 154 valence electrons. The van der Waals surface area contributed by atoms with Gasteiger partial charge in [0, 0.05) is 24.9 Å². The number of thiazole rings is 1. The van der Waals surface area contributed by atoms with Gasteiger partial charge in [-0.3, -0.25) is 9.59 Å². The lowest BCUT2D eigenvalue weighted by Crippen LogP contribution is -2.23. The monoisotopic (exact) mass is 423 g/mol. The Morgan fingerprint density at radius 1 is 1.27 bits per heavy atom. The van der Waals surface area contributed by atoms with Crippen molar-refractivity contribution in [2.45, 2.75) is 26.7 Å². The number of primary amides is 1. The number of nitrogens with one attached hydrogen (secondary N) is 1. The molecule has 0 saturated carbocycles. The fourth-order valence-electron chi connectivity index (χ4n) is 3.44. The maximum atomic E-state index is 12.4. The van der Waals surface area contributed by atoms with Crippen molar-refractivity contribution in [3.05, 3.63) is 57.8 Å². The second-order valence-electron chi connectivity index (χ2n) is 6.98. The molecule has 30 heavy (non-hydrogen) atoms. The lowest BCUT2D eigenvalue weighted by atomic mass is 10.1. The predicted octanol–water partition coefficient (Wildman–Crippen LogP) is 1.56. The van der Waals surface area contributed by atoms with E-state index in [2.05, 4.69) is 20.6 Å². The Hall–Kier alpha value is -3.53. The van der Waals surface area contributed by atoms with Crippen LogP contribution in [0.4, 0.5) is 0 Å². The zero-order valence-corrected chi connectivity index (χ0v) is 17.7. The normalized spacial score (nSPS) is 12.0. The number of aromatic nitrogens is 4. The van der Waals surface area contributed by atoms with Crippen LogP contribution in [0.15, 0.2) is 35.6 Å². The minimum absolute atomic E-state index is 0.190. The number of hydrogen-bond donors (Lipinski definition) is 2. The predicted molar refractivity (Wildman–Crippen MR) is 114 cm³/mol. The zero-order valence-electron chi connectivity index (χ0n) is 16.8. The van der Waals surface area contributed by atoms with E-state index >= 15 is 0 Å². The standard InChI is InChI=1S/C20H21N7O2S/c1-11-13(12(2)27-19(23-11)14(10-22-27)18(21)29)8-9-17(28)24-25-20-26(3)15-6-4-5-7-16(15)30-20/h4-7,10H,8-9H2,1-3H3,(H2,21,29)(H,24,28)/b25-20-. The lowest BCUT2D eigenvalue weighted by molar-refractivity contribution is -0.121. The van der Waals surface area contributed by atoms with E-state index in [-0.39, 0.29) is 17.9 Å². The van der Waals surface area contributed by atoms with E-state index in [0.29, 0.717) is 12.1 Å². The number of rotatable bonds is 5. The maximum Gasteiger partial charge on any atom is 0.254 e. The molecule has 0 saturated heterocycles. The average molecular weight is 424 g/mol. The van der Waals surface area contributed by atoms with Crippen LogP contribution in [0.3, 0.4) is 0 Å². The molecule has 4 aromatic rings. The molecule has 3 N–H and O–H groups in total. The molecule has 3 aromatic heterocycles. The first-order valence-electron chi connectivity index (χ1n) is 9.37. The first-order valence-corrected chi connectivity index (χ1v) is 10.2. The number of nitrogens with two attached hydrogens (primary N) is 1. The van der Waals surface area contributed by atoms with Gasteiger partial charge in [-0.1, -0.05) is 23.5 Å². The van der Waals surface area contributed by atoms with E-state index in [0.717, 1.165) is 32.0 Å². The summed E-state index contributed by atoms with van der Waals surface area (Å²) in [5.41, 5.74) is 12.3. The number of carbonyl (C=O) groups excluding carboxylic acids is 2. The Balaban J connectivity index is 1.52. The summed E-state index contributed by atoms with van der Waals surface area (Å²) in [7, 11) is 1.92. The van der Waals surface area contributed by atoms with Crippen molar-refractivity contribution in [2.75, 3.05) is 0 Å². The van der Waals surface area contributed by atoms with Crippen LogP contribution in [-0.4, -0.2) is 31.0 Å². The van der Waals surface area contributed by atoms with Gasteiger partial charge in [0.15, 0.2) is 5.65 Å². The number of para-hydroxylation sites is 1. The van der Waals surface area contributed by atoms with Gasteiger partial charge in [-0.15, -0.1) is 5.10 Å². The van der Waals surface area contributed by atoms with E-state index < -0.39 is 5.91 Å². The highest BCUT2D eigenvalue weighted by atomic mass is 32.1. The Labute approximate surface area is 175 Å². The molecule has 4 rings (SSSR count). The van der Waals surface area contributed by atoms with Crippen LogP contribution in [0.2, 0.25) is 0 Å². The Bertz CT molecular complexity index is 1360. The van der Waals surface area contributed by atoms with Crippen LogP contribution < -0.4 is 16.0 Å². The third-order valence-electron chi connectivity index (χ3n) is 5.07. The molecule has 9 nitrogen and oxygen atoms in total. The quantitative estimate of drug-likeness (QED) is 0.473. The zero-order chi connectivity index (χ0) is 21.4.